The molecule has 0 bridgehead atoms. The first kappa shape index (κ1) is 36.0. The maximum absolute atomic E-state index is 12.7. The number of carbonyl (C=O) groups excluding carboxylic acids is 2. The van der Waals surface area contributed by atoms with Gasteiger partial charge in [0, 0.05) is 24.2 Å². The third-order valence-corrected chi connectivity index (χ3v) is 5.77. The predicted octanol–water partition coefficient (Wildman–Crippen LogP) is 5.70. The average Bonchev–Trinajstić information content (AvgIpc) is 3.03. The van der Waals surface area contributed by atoms with Gasteiger partial charge in [0.25, 0.3) is 0 Å². The van der Waals surface area contributed by atoms with Gasteiger partial charge in [0.05, 0.1) is 14.2 Å². The molecule has 4 rings (SSSR count). The molecule has 20 heteroatoms. The summed E-state index contributed by atoms with van der Waals surface area (Å²) in [6.07, 6.45) is -9.48. The molecule has 4 aromatic rings. The van der Waals surface area contributed by atoms with Crippen LogP contribution in [0.2, 0.25) is 5.02 Å². The van der Waals surface area contributed by atoms with Gasteiger partial charge in [-0.3, -0.25) is 10.6 Å². The maximum Gasteiger partial charge on any atom is 0.451 e. The number of ether oxygens (including phenoxy) is 2. The average molecular weight is 688 g/mol. The van der Waals surface area contributed by atoms with E-state index in [2.05, 4.69) is 55.7 Å². The number of urea groups is 2. The van der Waals surface area contributed by atoms with E-state index in [9.17, 15) is 35.9 Å². The van der Waals surface area contributed by atoms with Gasteiger partial charge in [-0.1, -0.05) is 60.1 Å². The van der Waals surface area contributed by atoms with Crippen LogP contribution in [0.15, 0.2) is 60.7 Å². The van der Waals surface area contributed by atoms with Gasteiger partial charge in [0.2, 0.25) is 23.6 Å². The first-order valence-electron chi connectivity index (χ1n) is 12.9. The lowest BCUT2D eigenvalue weighted by Gasteiger charge is -2.11. The molecule has 2 aromatic heterocycles. The number of carbonyl (C=O) groups is 2. The molecule has 0 aliphatic heterocycles. The fourth-order valence-electron chi connectivity index (χ4n) is 3.25. The SMILES string of the molecule is COc1cc(C(F)(F)F)nc(NC(=O)NCc2ccccc2Cl)n1.COc1nc(NC(=O)NCc2ccccc2)nc(C(F)(F)F)n1. The molecule has 0 aliphatic carbocycles. The Hall–Kier alpha value is -5.46. The number of hydrogen-bond donors (Lipinski definition) is 4. The van der Waals surface area contributed by atoms with E-state index in [1.165, 1.54) is 0 Å². The van der Waals surface area contributed by atoms with Gasteiger partial charge in [-0.25, -0.2) is 14.6 Å². The van der Waals surface area contributed by atoms with Gasteiger partial charge < -0.3 is 20.1 Å². The molecule has 0 fully saturated rings. The quantitative estimate of drug-likeness (QED) is 0.170. The first-order chi connectivity index (χ1) is 22.2. The molecule has 0 radical (unpaired) electrons. The highest BCUT2D eigenvalue weighted by molar-refractivity contribution is 6.31. The summed E-state index contributed by atoms with van der Waals surface area (Å²) in [6, 6.07) is 14.3. The van der Waals surface area contributed by atoms with Crippen LogP contribution in [-0.4, -0.2) is 51.2 Å². The second kappa shape index (κ2) is 16.2. The van der Waals surface area contributed by atoms with Crippen LogP contribution in [0.1, 0.15) is 22.6 Å². The van der Waals surface area contributed by atoms with Crippen molar-refractivity contribution in [2.75, 3.05) is 24.9 Å². The highest BCUT2D eigenvalue weighted by Gasteiger charge is 2.36. The number of nitrogens with zero attached hydrogens (tertiary/aromatic N) is 5. The van der Waals surface area contributed by atoms with Crippen molar-refractivity contribution in [1.29, 1.82) is 0 Å². The largest absolute Gasteiger partial charge is 0.481 e. The van der Waals surface area contributed by atoms with Gasteiger partial charge in [-0.2, -0.15) is 46.3 Å². The molecular formula is C27H24ClF6N9O4. The van der Waals surface area contributed by atoms with Crippen LogP contribution in [0, 0.1) is 0 Å². The van der Waals surface area contributed by atoms with Crippen molar-refractivity contribution in [3.63, 3.8) is 0 Å². The van der Waals surface area contributed by atoms with E-state index in [4.69, 9.17) is 11.6 Å². The van der Waals surface area contributed by atoms with Crippen LogP contribution >= 0.6 is 11.6 Å². The molecule has 0 atom stereocenters. The smallest absolute Gasteiger partial charge is 0.451 e. The molecule has 13 nitrogen and oxygen atoms in total. The number of halogens is 7. The Morgan fingerprint density at radius 2 is 1.32 bits per heavy atom. The Morgan fingerprint density at radius 1 is 0.723 bits per heavy atom. The van der Waals surface area contributed by atoms with Crippen molar-refractivity contribution < 1.29 is 45.4 Å². The van der Waals surface area contributed by atoms with Gasteiger partial charge in [0.1, 0.15) is 0 Å². The zero-order valence-corrected chi connectivity index (χ0v) is 25.0. The van der Waals surface area contributed by atoms with E-state index in [-0.39, 0.29) is 19.0 Å². The van der Waals surface area contributed by atoms with E-state index in [0.29, 0.717) is 16.7 Å². The monoisotopic (exact) mass is 687 g/mol. The second-order valence-electron chi connectivity index (χ2n) is 8.78. The summed E-state index contributed by atoms with van der Waals surface area (Å²) in [5.41, 5.74) is 0.250. The molecule has 0 saturated carbocycles. The standard InChI is InChI=1S/C14H12ClF3N4O2.C13H12F3N5O2/c1-24-11-6-10(14(16,17)18)20-12(21-11)22-13(23)19-7-8-4-2-3-5-9(8)15;1-23-12-19-9(13(14,15)16)18-10(21-12)20-11(22)17-7-8-5-3-2-4-6-8/h2-6H,7H2,1H3,(H2,19,20,21,22,23);2-6H,7H2,1H3,(H2,17,18,19,20,21,22). The molecule has 2 aromatic carbocycles. The minimum Gasteiger partial charge on any atom is -0.481 e. The number of aromatic nitrogens is 5. The second-order valence-corrected chi connectivity index (χ2v) is 9.18. The lowest BCUT2D eigenvalue weighted by Crippen LogP contribution is -2.29. The highest BCUT2D eigenvalue weighted by Crippen LogP contribution is 2.30. The number of methoxy groups -OCH3 is 2. The van der Waals surface area contributed by atoms with Crippen molar-refractivity contribution in [3.05, 3.63) is 88.3 Å². The Morgan fingerprint density at radius 3 is 1.89 bits per heavy atom. The topological polar surface area (TPSA) is 165 Å². The third kappa shape index (κ3) is 11.8. The molecule has 0 saturated heterocycles. The number of hydrogen-bond acceptors (Lipinski definition) is 9. The summed E-state index contributed by atoms with van der Waals surface area (Å²) >= 11 is 5.94. The molecule has 0 unspecified atom stereocenters. The third-order valence-electron chi connectivity index (χ3n) is 5.40. The summed E-state index contributed by atoms with van der Waals surface area (Å²) in [6.45, 7) is 0.280. The molecule has 47 heavy (non-hydrogen) atoms. The number of nitrogens with one attached hydrogen (secondary N) is 4. The van der Waals surface area contributed by atoms with Gasteiger partial charge >= 0.3 is 30.4 Å². The number of amides is 4. The number of rotatable bonds is 8. The van der Waals surface area contributed by atoms with Crippen molar-refractivity contribution >= 4 is 35.6 Å². The molecule has 4 amide bonds. The fraction of sp³-hybridized carbons (Fsp3) is 0.222. The lowest BCUT2D eigenvalue weighted by molar-refractivity contribution is -0.145. The zero-order chi connectivity index (χ0) is 34.6. The summed E-state index contributed by atoms with van der Waals surface area (Å²) < 4.78 is 85.4. The van der Waals surface area contributed by atoms with Crippen LogP contribution in [0.3, 0.4) is 0 Å². The minimum atomic E-state index is -4.78. The first-order valence-corrected chi connectivity index (χ1v) is 13.3. The van der Waals surface area contributed by atoms with Crippen molar-refractivity contribution in [2.45, 2.75) is 25.4 Å². The molecule has 0 aliphatic rings. The Labute approximate surface area is 267 Å². The van der Waals surface area contributed by atoms with Crippen molar-refractivity contribution in [2.24, 2.45) is 0 Å². The summed E-state index contributed by atoms with van der Waals surface area (Å²) in [5.74, 6) is -2.87. The molecular weight excluding hydrogens is 664 g/mol. The predicted molar refractivity (Wildman–Crippen MR) is 155 cm³/mol. The Bertz CT molecular complexity index is 1660. The normalized spacial score (nSPS) is 11.0. The van der Waals surface area contributed by atoms with Crippen molar-refractivity contribution in [3.8, 4) is 11.9 Å². The van der Waals surface area contributed by atoms with Crippen LogP contribution in [0.4, 0.5) is 47.8 Å². The van der Waals surface area contributed by atoms with Crippen molar-refractivity contribution in [1.82, 2.24) is 35.6 Å². The number of benzene rings is 2. The summed E-state index contributed by atoms with van der Waals surface area (Å²) in [7, 11) is 2.26. The fourth-order valence-corrected chi connectivity index (χ4v) is 3.45. The molecule has 2 heterocycles. The maximum atomic E-state index is 12.7. The Balaban J connectivity index is 0.000000256. The van der Waals surface area contributed by atoms with E-state index < -0.39 is 53.8 Å². The minimum absolute atomic E-state index is 0.0849. The van der Waals surface area contributed by atoms with Crippen LogP contribution < -0.4 is 30.7 Å². The highest BCUT2D eigenvalue weighted by atomic mass is 35.5. The van der Waals surface area contributed by atoms with E-state index >= 15 is 0 Å². The van der Waals surface area contributed by atoms with E-state index in [1.807, 2.05) is 6.07 Å². The summed E-state index contributed by atoms with van der Waals surface area (Å²) in [4.78, 5) is 40.2. The van der Waals surface area contributed by atoms with Crippen LogP contribution in [-0.2, 0) is 25.4 Å². The molecule has 0 spiro atoms. The van der Waals surface area contributed by atoms with E-state index in [1.54, 1.807) is 48.5 Å². The van der Waals surface area contributed by atoms with Gasteiger partial charge in [-0.15, -0.1) is 0 Å². The summed E-state index contributed by atoms with van der Waals surface area (Å²) in [5, 5.41) is 9.60. The van der Waals surface area contributed by atoms with E-state index in [0.717, 1.165) is 19.8 Å². The van der Waals surface area contributed by atoms with Gasteiger partial charge in [-0.05, 0) is 17.2 Å². The molecule has 4 N–H and O–H groups in total. The number of alkyl halides is 6. The van der Waals surface area contributed by atoms with Crippen LogP contribution in [0.5, 0.6) is 11.9 Å². The van der Waals surface area contributed by atoms with Crippen LogP contribution in [0.25, 0.3) is 0 Å². The Kier molecular flexibility index (Phi) is 12.4. The van der Waals surface area contributed by atoms with Gasteiger partial charge in [0.15, 0.2) is 5.69 Å². The lowest BCUT2D eigenvalue weighted by atomic mass is 10.2. The zero-order valence-electron chi connectivity index (χ0n) is 24.2. The number of anilines is 2. The molecule has 250 valence electrons.